The van der Waals surface area contributed by atoms with Crippen LogP contribution in [0.15, 0.2) is 29.3 Å². The smallest absolute Gasteiger partial charge is 0.161 e. The molecule has 0 spiro atoms. The van der Waals surface area contributed by atoms with Crippen LogP contribution in [0.25, 0.3) is 0 Å². The molecule has 0 amide bonds. The van der Waals surface area contributed by atoms with Crippen molar-refractivity contribution in [3.63, 3.8) is 0 Å². The molecule has 1 N–H and O–H groups in total. The number of hydrogen-bond acceptors (Lipinski definition) is 3. The second-order valence-corrected chi connectivity index (χ2v) is 4.69. The molecular formula is C12H16N2S. The van der Waals surface area contributed by atoms with Gasteiger partial charge in [-0.3, -0.25) is 4.99 Å². The van der Waals surface area contributed by atoms with Crippen LogP contribution < -0.4 is 5.32 Å². The fourth-order valence-corrected chi connectivity index (χ4v) is 2.33. The van der Waals surface area contributed by atoms with Gasteiger partial charge in [0.15, 0.2) is 5.17 Å². The highest BCUT2D eigenvalue weighted by molar-refractivity contribution is 8.14. The molecule has 1 heterocycles. The summed E-state index contributed by atoms with van der Waals surface area (Å²) in [4.78, 5) is 4.36. The molecule has 1 aliphatic rings. The molecule has 1 aromatic rings. The van der Waals surface area contributed by atoms with Crippen LogP contribution in [0.3, 0.4) is 0 Å². The fraction of sp³-hybridized carbons (Fsp3) is 0.417. The summed E-state index contributed by atoms with van der Waals surface area (Å²) in [7, 11) is 0. The average Bonchev–Trinajstić information content (AvgIpc) is 2.74. The number of nitrogens with zero attached hydrogens (tertiary/aromatic N) is 1. The fourth-order valence-electron chi connectivity index (χ4n) is 1.58. The van der Waals surface area contributed by atoms with Gasteiger partial charge in [0.2, 0.25) is 0 Å². The molecule has 0 aromatic heterocycles. The number of aryl methyl sites for hydroxylation is 1. The molecule has 0 radical (unpaired) electrons. The van der Waals surface area contributed by atoms with Crippen LogP contribution in [0.2, 0.25) is 0 Å². The Morgan fingerprint density at radius 1 is 1.33 bits per heavy atom. The van der Waals surface area contributed by atoms with Crippen LogP contribution in [0, 0.1) is 0 Å². The number of anilines is 1. The van der Waals surface area contributed by atoms with E-state index < -0.39 is 0 Å². The number of amidine groups is 1. The quantitative estimate of drug-likeness (QED) is 0.846. The lowest BCUT2D eigenvalue weighted by atomic mass is 10.1. The molecule has 0 atom stereocenters. The molecule has 0 aliphatic carbocycles. The number of rotatable bonds is 3. The van der Waals surface area contributed by atoms with Gasteiger partial charge in [-0.2, -0.15) is 0 Å². The minimum absolute atomic E-state index is 0.945. The van der Waals surface area contributed by atoms with E-state index >= 15 is 0 Å². The largest absolute Gasteiger partial charge is 0.335 e. The van der Waals surface area contributed by atoms with E-state index in [4.69, 9.17) is 0 Å². The van der Waals surface area contributed by atoms with Crippen molar-refractivity contribution in [1.29, 1.82) is 0 Å². The zero-order valence-electron chi connectivity index (χ0n) is 8.99. The maximum atomic E-state index is 4.36. The topological polar surface area (TPSA) is 24.4 Å². The van der Waals surface area contributed by atoms with E-state index in [-0.39, 0.29) is 0 Å². The van der Waals surface area contributed by atoms with Crippen molar-refractivity contribution in [2.24, 2.45) is 4.99 Å². The molecular weight excluding hydrogens is 204 g/mol. The van der Waals surface area contributed by atoms with Crippen molar-refractivity contribution in [3.05, 3.63) is 29.8 Å². The molecule has 2 nitrogen and oxygen atoms in total. The maximum Gasteiger partial charge on any atom is 0.161 e. The summed E-state index contributed by atoms with van der Waals surface area (Å²) in [5.74, 6) is 1.11. The summed E-state index contributed by atoms with van der Waals surface area (Å²) in [6.45, 7) is 3.15. The van der Waals surface area contributed by atoms with Crippen molar-refractivity contribution >= 4 is 22.6 Å². The van der Waals surface area contributed by atoms with Gasteiger partial charge >= 0.3 is 0 Å². The van der Waals surface area contributed by atoms with Crippen molar-refractivity contribution in [2.45, 2.75) is 19.8 Å². The van der Waals surface area contributed by atoms with Crippen LogP contribution >= 0.6 is 11.8 Å². The van der Waals surface area contributed by atoms with E-state index in [0.717, 1.165) is 29.6 Å². The molecule has 0 bridgehead atoms. The summed E-state index contributed by atoms with van der Waals surface area (Å²) < 4.78 is 0. The number of hydrogen-bond donors (Lipinski definition) is 1. The summed E-state index contributed by atoms with van der Waals surface area (Å²) in [5.41, 5.74) is 2.55. The third-order valence-corrected chi connectivity index (χ3v) is 3.22. The summed E-state index contributed by atoms with van der Waals surface area (Å²) in [5, 5.41) is 4.38. The first-order valence-corrected chi connectivity index (χ1v) is 6.40. The van der Waals surface area contributed by atoms with E-state index in [1.807, 2.05) is 0 Å². The lowest BCUT2D eigenvalue weighted by Crippen LogP contribution is -2.04. The molecule has 0 saturated carbocycles. The highest BCUT2D eigenvalue weighted by Crippen LogP contribution is 2.16. The van der Waals surface area contributed by atoms with Gasteiger partial charge in [0.1, 0.15) is 0 Å². The highest BCUT2D eigenvalue weighted by atomic mass is 32.2. The van der Waals surface area contributed by atoms with E-state index in [9.17, 15) is 0 Å². The van der Waals surface area contributed by atoms with Crippen LogP contribution in [0.1, 0.15) is 18.9 Å². The number of thioether (sulfide) groups is 1. The Morgan fingerprint density at radius 2 is 2.13 bits per heavy atom. The molecule has 0 saturated heterocycles. The molecule has 15 heavy (non-hydrogen) atoms. The molecule has 80 valence electrons. The second-order valence-electron chi connectivity index (χ2n) is 3.61. The van der Waals surface area contributed by atoms with Crippen molar-refractivity contribution in [1.82, 2.24) is 0 Å². The van der Waals surface area contributed by atoms with Crippen LogP contribution in [-0.4, -0.2) is 17.5 Å². The van der Waals surface area contributed by atoms with Gasteiger partial charge in [-0.15, -0.1) is 0 Å². The summed E-state index contributed by atoms with van der Waals surface area (Å²) in [6, 6.07) is 8.64. The average molecular weight is 220 g/mol. The third-order valence-electron chi connectivity index (χ3n) is 2.33. The van der Waals surface area contributed by atoms with Gasteiger partial charge in [0.25, 0.3) is 0 Å². The molecule has 1 aromatic carbocycles. The first kappa shape index (κ1) is 10.6. The minimum Gasteiger partial charge on any atom is -0.335 e. The van der Waals surface area contributed by atoms with Crippen LogP contribution in [0.5, 0.6) is 0 Å². The monoisotopic (exact) mass is 220 g/mol. The van der Waals surface area contributed by atoms with Gasteiger partial charge in [-0.1, -0.05) is 37.2 Å². The van der Waals surface area contributed by atoms with Gasteiger partial charge in [-0.25, -0.2) is 0 Å². The van der Waals surface area contributed by atoms with E-state index in [1.54, 1.807) is 11.8 Å². The van der Waals surface area contributed by atoms with Crippen LogP contribution in [-0.2, 0) is 6.42 Å². The lowest BCUT2D eigenvalue weighted by Gasteiger charge is -2.05. The predicted molar refractivity (Wildman–Crippen MR) is 68.8 cm³/mol. The predicted octanol–water partition coefficient (Wildman–Crippen LogP) is 3.15. The van der Waals surface area contributed by atoms with Gasteiger partial charge in [0.05, 0.1) is 6.54 Å². The van der Waals surface area contributed by atoms with Crippen LogP contribution in [0.4, 0.5) is 5.69 Å². The SMILES string of the molecule is CCCc1ccc(NC2=NCCS2)cc1. The second kappa shape index (κ2) is 5.21. The normalized spacial score (nSPS) is 15.1. The Kier molecular flexibility index (Phi) is 3.67. The highest BCUT2D eigenvalue weighted by Gasteiger charge is 2.06. The Balaban J connectivity index is 1.97. The molecule has 2 rings (SSSR count). The zero-order valence-corrected chi connectivity index (χ0v) is 9.81. The molecule has 3 heteroatoms. The van der Waals surface area contributed by atoms with E-state index in [2.05, 4.69) is 41.5 Å². The summed E-state index contributed by atoms with van der Waals surface area (Å²) >= 11 is 1.79. The Morgan fingerprint density at radius 3 is 2.73 bits per heavy atom. The van der Waals surface area contributed by atoms with Gasteiger partial charge < -0.3 is 5.32 Å². The van der Waals surface area contributed by atoms with E-state index in [0.29, 0.717) is 0 Å². The summed E-state index contributed by atoms with van der Waals surface area (Å²) in [6.07, 6.45) is 2.37. The maximum absolute atomic E-state index is 4.36. The van der Waals surface area contributed by atoms with Crippen molar-refractivity contribution < 1.29 is 0 Å². The molecule has 0 fully saturated rings. The number of nitrogens with one attached hydrogen (secondary N) is 1. The first-order valence-electron chi connectivity index (χ1n) is 5.41. The molecule has 0 unspecified atom stereocenters. The Bertz CT molecular complexity index is 343. The number of aliphatic imine (C=N–C) groups is 1. The van der Waals surface area contributed by atoms with E-state index in [1.165, 1.54) is 12.0 Å². The Labute approximate surface area is 95.2 Å². The molecule has 1 aliphatic heterocycles. The third kappa shape index (κ3) is 2.99. The minimum atomic E-state index is 0.945. The standard InChI is InChI=1S/C12H16N2S/c1-2-3-10-4-6-11(7-5-10)14-12-13-8-9-15-12/h4-7H,2-3,8-9H2,1H3,(H,13,14). The van der Waals surface area contributed by atoms with Gasteiger partial charge in [0, 0.05) is 11.4 Å². The Hall–Kier alpha value is -0.960. The lowest BCUT2D eigenvalue weighted by molar-refractivity contribution is 0.922. The zero-order chi connectivity index (χ0) is 10.5. The first-order chi connectivity index (χ1) is 7.38. The van der Waals surface area contributed by atoms with Crippen molar-refractivity contribution in [3.8, 4) is 0 Å². The van der Waals surface area contributed by atoms with Crippen molar-refractivity contribution in [2.75, 3.05) is 17.6 Å². The number of benzene rings is 1. The van der Waals surface area contributed by atoms with Gasteiger partial charge in [-0.05, 0) is 24.1 Å².